The van der Waals surface area contributed by atoms with Crippen molar-refractivity contribution in [1.82, 2.24) is 0 Å². The molecule has 0 amide bonds. The van der Waals surface area contributed by atoms with E-state index in [1.165, 1.54) is 0 Å². The van der Waals surface area contributed by atoms with E-state index in [0.717, 1.165) is 11.4 Å². The Hall–Kier alpha value is -1.32. The summed E-state index contributed by atoms with van der Waals surface area (Å²) in [6.07, 6.45) is 0. The fourth-order valence-electron chi connectivity index (χ4n) is 1.97. The van der Waals surface area contributed by atoms with Crippen molar-refractivity contribution < 1.29 is 9.25 Å². The molecule has 0 saturated carbocycles. The molecule has 2 aromatic rings. The van der Waals surface area contributed by atoms with Crippen molar-refractivity contribution >= 4 is 30.3 Å². The summed E-state index contributed by atoms with van der Waals surface area (Å²) in [4.78, 5) is 0. The molecule has 0 aliphatic carbocycles. The van der Waals surface area contributed by atoms with Gasteiger partial charge in [-0.1, -0.05) is 36.4 Å². The highest BCUT2D eigenvalue weighted by atomic mass is 35.7. The molecule has 6 heteroatoms. The van der Waals surface area contributed by atoms with E-state index in [4.69, 9.17) is 20.5 Å². The Kier molecular flexibility index (Phi) is 4.38. The van der Waals surface area contributed by atoms with Crippen LogP contribution in [-0.2, 0) is 9.25 Å². The highest BCUT2D eigenvalue weighted by molar-refractivity contribution is 7.76. The molecule has 0 radical (unpaired) electrons. The van der Waals surface area contributed by atoms with Gasteiger partial charge in [0.15, 0.2) is 0 Å². The SMILES string of the molecule is ClP1ON(c2ccccc2)CCN(c2ccccc2)O1. The first-order chi connectivity index (χ1) is 9.83. The highest BCUT2D eigenvalue weighted by Gasteiger charge is 2.24. The minimum atomic E-state index is -1.52. The molecule has 3 rings (SSSR count). The van der Waals surface area contributed by atoms with Crippen LogP contribution in [0.1, 0.15) is 0 Å². The number of para-hydroxylation sites is 2. The lowest BCUT2D eigenvalue weighted by molar-refractivity contribution is 0.268. The van der Waals surface area contributed by atoms with Gasteiger partial charge in [0.05, 0.1) is 24.5 Å². The Labute approximate surface area is 124 Å². The number of benzene rings is 2. The van der Waals surface area contributed by atoms with Gasteiger partial charge in [-0.05, 0) is 35.5 Å². The lowest BCUT2D eigenvalue weighted by Crippen LogP contribution is -2.29. The lowest BCUT2D eigenvalue weighted by atomic mass is 10.3. The van der Waals surface area contributed by atoms with Crippen molar-refractivity contribution in [2.24, 2.45) is 0 Å². The summed E-state index contributed by atoms with van der Waals surface area (Å²) in [5, 5.41) is 3.56. The molecular weight excluding hydrogens is 295 g/mol. The van der Waals surface area contributed by atoms with Crippen molar-refractivity contribution in [2.75, 3.05) is 23.2 Å². The van der Waals surface area contributed by atoms with E-state index in [1.807, 2.05) is 60.7 Å². The number of hydrogen-bond donors (Lipinski definition) is 0. The monoisotopic (exact) mass is 308 g/mol. The maximum absolute atomic E-state index is 6.15. The summed E-state index contributed by atoms with van der Waals surface area (Å²) in [5.74, 6) is 0. The smallest absolute Gasteiger partial charge is 0.245 e. The lowest BCUT2D eigenvalue weighted by Gasteiger charge is -2.20. The van der Waals surface area contributed by atoms with Crippen molar-refractivity contribution in [3.63, 3.8) is 0 Å². The molecule has 0 spiro atoms. The summed E-state index contributed by atoms with van der Waals surface area (Å²) in [7, 11) is -1.52. The van der Waals surface area contributed by atoms with E-state index < -0.39 is 7.73 Å². The molecule has 1 saturated heterocycles. The summed E-state index contributed by atoms with van der Waals surface area (Å²) >= 11 is 6.15. The highest BCUT2D eigenvalue weighted by Crippen LogP contribution is 2.48. The van der Waals surface area contributed by atoms with Crippen LogP contribution < -0.4 is 10.1 Å². The van der Waals surface area contributed by atoms with Crippen LogP contribution in [-0.4, -0.2) is 13.1 Å². The van der Waals surface area contributed by atoms with E-state index in [-0.39, 0.29) is 0 Å². The quantitative estimate of drug-likeness (QED) is 0.770. The molecule has 1 heterocycles. The van der Waals surface area contributed by atoms with Crippen LogP contribution in [0, 0.1) is 0 Å². The fourth-order valence-corrected chi connectivity index (χ4v) is 3.11. The van der Waals surface area contributed by atoms with Crippen LogP contribution in [0.5, 0.6) is 0 Å². The van der Waals surface area contributed by atoms with Gasteiger partial charge in [-0.2, -0.15) is 0 Å². The van der Waals surface area contributed by atoms with Crippen LogP contribution in [0.3, 0.4) is 0 Å². The first-order valence-corrected chi connectivity index (χ1v) is 8.38. The molecule has 0 aromatic heterocycles. The third kappa shape index (κ3) is 3.22. The minimum absolute atomic E-state index is 0.671. The summed E-state index contributed by atoms with van der Waals surface area (Å²) in [6, 6.07) is 19.7. The van der Waals surface area contributed by atoms with Crippen LogP contribution in [0.2, 0.25) is 0 Å². The van der Waals surface area contributed by atoms with E-state index in [9.17, 15) is 0 Å². The number of hydrogen-bond acceptors (Lipinski definition) is 4. The van der Waals surface area contributed by atoms with E-state index in [1.54, 1.807) is 10.1 Å². The zero-order valence-corrected chi connectivity index (χ0v) is 12.4. The Morgan fingerprint density at radius 3 is 1.55 bits per heavy atom. The molecule has 0 atom stereocenters. The van der Waals surface area contributed by atoms with E-state index >= 15 is 0 Å². The first kappa shape index (κ1) is 13.7. The van der Waals surface area contributed by atoms with E-state index in [0.29, 0.717) is 13.1 Å². The Balaban J connectivity index is 1.75. The second-order valence-corrected chi connectivity index (χ2v) is 5.83. The van der Waals surface area contributed by atoms with Gasteiger partial charge in [-0.15, -0.1) is 0 Å². The topological polar surface area (TPSA) is 24.9 Å². The van der Waals surface area contributed by atoms with Crippen LogP contribution >= 0.6 is 19.0 Å². The van der Waals surface area contributed by atoms with Gasteiger partial charge in [0.1, 0.15) is 0 Å². The first-order valence-electron chi connectivity index (χ1n) is 6.30. The van der Waals surface area contributed by atoms with Crippen LogP contribution in [0.4, 0.5) is 11.4 Å². The molecule has 104 valence electrons. The molecule has 4 nitrogen and oxygen atoms in total. The molecule has 1 aliphatic heterocycles. The molecule has 0 N–H and O–H groups in total. The van der Waals surface area contributed by atoms with Gasteiger partial charge < -0.3 is 0 Å². The zero-order chi connectivity index (χ0) is 13.8. The van der Waals surface area contributed by atoms with Gasteiger partial charge in [0.25, 0.3) is 0 Å². The van der Waals surface area contributed by atoms with E-state index in [2.05, 4.69) is 0 Å². The van der Waals surface area contributed by atoms with Crippen molar-refractivity contribution in [2.45, 2.75) is 0 Å². The number of nitrogens with zero attached hydrogens (tertiary/aromatic N) is 2. The van der Waals surface area contributed by atoms with Crippen molar-refractivity contribution in [3.05, 3.63) is 60.7 Å². The molecule has 0 unspecified atom stereocenters. The van der Waals surface area contributed by atoms with Gasteiger partial charge in [-0.3, -0.25) is 0 Å². The minimum Gasteiger partial charge on any atom is -0.245 e. The molecule has 0 bridgehead atoms. The third-order valence-electron chi connectivity index (χ3n) is 2.92. The number of halogens is 1. The average molecular weight is 309 g/mol. The zero-order valence-electron chi connectivity index (χ0n) is 10.7. The van der Waals surface area contributed by atoms with Gasteiger partial charge in [0.2, 0.25) is 0 Å². The normalized spacial score (nSPS) is 17.1. The predicted molar refractivity (Wildman–Crippen MR) is 82.5 cm³/mol. The predicted octanol–water partition coefficient (Wildman–Crippen LogP) is 4.34. The van der Waals surface area contributed by atoms with Crippen LogP contribution in [0.15, 0.2) is 60.7 Å². The number of hydroxylamine groups is 2. The molecule has 2 aromatic carbocycles. The third-order valence-corrected chi connectivity index (χ3v) is 3.94. The largest absolute Gasteiger partial charge is 0.324 e. The standard InChI is InChI=1S/C14H14ClN2O2P/c15-20-18-16(13-7-3-1-4-8-13)11-12-17(19-20)14-9-5-2-6-10-14/h1-10H,11-12H2. The number of anilines is 2. The fraction of sp³-hybridized carbons (Fsp3) is 0.143. The second-order valence-electron chi connectivity index (χ2n) is 4.25. The van der Waals surface area contributed by atoms with Crippen LogP contribution in [0.25, 0.3) is 0 Å². The van der Waals surface area contributed by atoms with Gasteiger partial charge in [-0.25, -0.2) is 19.4 Å². The Morgan fingerprint density at radius 1 is 0.750 bits per heavy atom. The van der Waals surface area contributed by atoms with Gasteiger partial charge >= 0.3 is 7.73 Å². The second kappa shape index (κ2) is 6.42. The maximum atomic E-state index is 6.15. The summed E-state index contributed by atoms with van der Waals surface area (Å²) in [5.41, 5.74) is 1.94. The molecule has 1 fully saturated rings. The van der Waals surface area contributed by atoms with Gasteiger partial charge in [0, 0.05) is 0 Å². The Bertz CT molecular complexity index is 494. The summed E-state index contributed by atoms with van der Waals surface area (Å²) in [6.45, 7) is 1.34. The molecular formula is C14H14ClN2O2P. The molecule has 1 aliphatic rings. The molecule has 20 heavy (non-hydrogen) atoms. The number of rotatable bonds is 2. The average Bonchev–Trinajstić information content (AvgIpc) is 2.71. The maximum Gasteiger partial charge on any atom is 0.324 e. The Morgan fingerprint density at radius 2 is 1.15 bits per heavy atom. The van der Waals surface area contributed by atoms with Crippen molar-refractivity contribution in [1.29, 1.82) is 0 Å². The summed E-state index contributed by atoms with van der Waals surface area (Å²) < 4.78 is 11.3. The van der Waals surface area contributed by atoms with Crippen molar-refractivity contribution in [3.8, 4) is 0 Å².